The van der Waals surface area contributed by atoms with Gasteiger partial charge in [0.25, 0.3) is 0 Å². The number of hydrogen-bond donors (Lipinski definition) is 3. The molecule has 0 aromatic heterocycles. The van der Waals surface area contributed by atoms with E-state index in [-0.39, 0.29) is 30.3 Å². The molecule has 1 aliphatic rings. The predicted octanol–water partition coefficient (Wildman–Crippen LogP) is 4.13. The highest BCUT2D eigenvalue weighted by Crippen LogP contribution is 2.34. The molecule has 1 fully saturated rings. The molecule has 3 N–H and O–H groups in total. The van der Waals surface area contributed by atoms with E-state index in [1.54, 1.807) is 13.8 Å². The molecule has 5 nitrogen and oxygen atoms in total. The van der Waals surface area contributed by atoms with Gasteiger partial charge >= 0.3 is 0 Å². The summed E-state index contributed by atoms with van der Waals surface area (Å²) < 4.78 is 0. The van der Waals surface area contributed by atoms with Gasteiger partial charge in [0.1, 0.15) is 18.0 Å². The van der Waals surface area contributed by atoms with E-state index in [1.807, 2.05) is 6.08 Å². The summed E-state index contributed by atoms with van der Waals surface area (Å²) in [6.07, 6.45) is 13.8. The van der Waals surface area contributed by atoms with Crippen LogP contribution in [0.3, 0.4) is 0 Å². The van der Waals surface area contributed by atoms with Crippen molar-refractivity contribution in [1.82, 2.24) is 0 Å². The Bertz CT molecular complexity index is 627. The number of aliphatic hydroxyl groups is 3. The van der Waals surface area contributed by atoms with Crippen molar-refractivity contribution in [3.05, 3.63) is 12.2 Å². The van der Waals surface area contributed by atoms with Gasteiger partial charge < -0.3 is 15.3 Å². The topological polar surface area (TPSA) is 94.8 Å². The molecule has 0 aromatic rings. The molecule has 0 bridgehead atoms. The first kappa shape index (κ1) is 27.6. The summed E-state index contributed by atoms with van der Waals surface area (Å²) in [5.74, 6) is 6.31. The standard InChI is InChI=1S/C26H42O5/c1-3-17-26(31,18-9-8-11-21(2)28)19-10-12-22-15-16-25(30)24(22)14-7-5-4-6-13-23(29)20-27/h10,12,21-22,24,27-28,31H,4-9,11,13-16,18-20H2,1-2H3/t21?,22-,24+,26+/m0/s1. The third-order valence-electron chi connectivity index (χ3n) is 6.21. The van der Waals surface area contributed by atoms with Gasteiger partial charge in [0, 0.05) is 25.2 Å². The molecule has 5 heteroatoms. The van der Waals surface area contributed by atoms with Crippen LogP contribution in [0.15, 0.2) is 12.2 Å². The molecule has 0 spiro atoms. The summed E-state index contributed by atoms with van der Waals surface area (Å²) in [4.78, 5) is 23.4. The minimum absolute atomic E-state index is 0.0618. The highest BCUT2D eigenvalue weighted by molar-refractivity contribution is 5.83. The molecule has 1 unspecified atom stereocenters. The smallest absolute Gasteiger partial charge is 0.158 e. The van der Waals surface area contributed by atoms with Crippen molar-refractivity contribution in [1.29, 1.82) is 0 Å². The number of Topliss-reactive ketones (excluding diaryl/α,β-unsaturated/α-hetero) is 2. The van der Waals surface area contributed by atoms with Crippen molar-refractivity contribution in [2.24, 2.45) is 11.8 Å². The molecule has 4 atom stereocenters. The van der Waals surface area contributed by atoms with Crippen molar-refractivity contribution in [3.63, 3.8) is 0 Å². The first-order chi connectivity index (χ1) is 14.8. The maximum atomic E-state index is 12.3. The number of carbonyl (C=O) groups excluding carboxylic acids is 2. The molecule has 1 aliphatic carbocycles. The fraction of sp³-hybridized carbons (Fsp3) is 0.769. The molecule has 0 heterocycles. The molecular formula is C26H42O5. The van der Waals surface area contributed by atoms with Gasteiger partial charge in [-0.2, -0.15) is 0 Å². The average Bonchev–Trinajstić information content (AvgIpc) is 3.07. The van der Waals surface area contributed by atoms with Gasteiger partial charge in [-0.25, -0.2) is 0 Å². The molecule has 0 aromatic carbocycles. The zero-order valence-electron chi connectivity index (χ0n) is 19.4. The number of rotatable bonds is 16. The second-order valence-electron chi connectivity index (χ2n) is 9.06. The van der Waals surface area contributed by atoms with E-state index in [4.69, 9.17) is 5.11 Å². The van der Waals surface area contributed by atoms with Crippen LogP contribution >= 0.6 is 0 Å². The Balaban J connectivity index is 2.45. The second-order valence-corrected chi connectivity index (χ2v) is 9.06. The third kappa shape index (κ3) is 11.6. The van der Waals surface area contributed by atoms with Crippen LogP contribution in [0.2, 0.25) is 0 Å². The van der Waals surface area contributed by atoms with Crippen molar-refractivity contribution in [3.8, 4) is 11.8 Å². The fourth-order valence-electron chi connectivity index (χ4n) is 4.40. The lowest BCUT2D eigenvalue weighted by molar-refractivity contribution is -0.122. The third-order valence-corrected chi connectivity index (χ3v) is 6.21. The largest absolute Gasteiger partial charge is 0.393 e. The molecular weight excluding hydrogens is 392 g/mol. The van der Waals surface area contributed by atoms with E-state index in [1.165, 1.54) is 0 Å². The molecule has 31 heavy (non-hydrogen) atoms. The van der Waals surface area contributed by atoms with Gasteiger partial charge in [0.2, 0.25) is 0 Å². The minimum Gasteiger partial charge on any atom is -0.393 e. The first-order valence-corrected chi connectivity index (χ1v) is 12.0. The van der Waals surface area contributed by atoms with Crippen LogP contribution in [0.25, 0.3) is 0 Å². The molecule has 0 aliphatic heterocycles. The van der Waals surface area contributed by atoms with E-state index < -0.39 is 5.60 Å². The molecule has 0 amide bonds. The highest BCUT2D eigenvalue weighted by atomic mass is 16.3. The van der Waals surface area contributed by atoms with E-state index in [9.17, 15) is 19.8 Å². The Hall–Kier alpha value is -1.48. The number of carbonyl (C=O) groups is 2. The normalized spacial score (nSPS) is 21.6. The van der Waals surface area contributed by atoms with Gasteiger partial charge in [0.05, 0.1) is 6.10 Å². The van der Waals surface area contributed by atoms with Crippen LogP contribution in [0, 0.1) is 23.7 Å². The summed E-state index contributed by atoms with van der Waals surface area (Å²) in [5.41, 5.74) is -1.05. The Kier molecular flexibility index (Phi) is 13.6. The first-order valence-electron chi connectivity index (χ1n) is 12.0. The van der Waals surface area contributed by atoms with Crippen LogP contribution in [0.4, 0.5) is 0 Å². The van der Waals surface area contributed by atoms with Gasteiger partial charge in [-0.15, -0.1) is 5.92 Å². The van der Waals surface area contributed by atoms with E-state index >= 15 is 0 Å². The second kappa shape index (κ2) is 15.3. The number of allylic oxidation sites excluding steroid dienone is 1. The Morgan fingerprint density at radius 2 is 1.97 bits per heavy atom. The summed E-state index contributed by atoms with van der Waals surface area (Å²) in [6, 6.07) is 0. The van der Waals surface area contributed by atoms with E-state index in [2.05, 4.69) is 17.9 Å². The van der Waals surface area contributed by atoms with Crippen LogP contribution in [-0.2, 0) is 9.59 Å². The lowest BCUT2D eigenvalue weighted by Crippen LogP contribution is -2.26. The summed E-state index contributed by atoms with van der Waals surface area (Å²) in [6.45, 7) is 3.14. The zero-order valence-corrected chi connectivity index (χ0v) is 19.4. The molecule has 1 rings (SSSR count). The zero-order chi connectivity index (χ0) is 23.1. The van der Waals surface area contributed by atoms with Crippen molar-refractivity contribution >= 4 is 11.6 Å². The van der Waals surface area contributed by atoms with Gasteiger partial charge in [0.15, 0.2) is 5.78 Å². The van der Waals surface area contributed by atoms with E-state index in [0.29, 0.717) is 31.5 Å². The molecule has 176 valence electrons. The average molecular weight is 435 g/mol. The van der Waals surface area contributed by atoms with E-state index in [0.717, 1.165) is 57.8 Å². The van der Waals surface area contributed by atoms with Crippen molar-refractivity contribution < 1.29 is 24.9 Å². The summed E-state index contributed by atoms with van der Waals surface area (Å²) >= 11 is 0. The molecule has 1 saturated carbocycles. The number of hydrogen-bond acceptors (Lipinski definition) is 5. The van der Waals surface area contributed by atoms with Crippen LogP contribution in [0.5, 0.6) is 0 Å². The SMILES string of the molecule is CC#C[C@](O)(CC=C[C@H]1CCC(=O)[C@@H]1CCCCCCC(=O)CO)CCCCC(C)O. The predicted molar refractivity (Wildman–Crippen MR) is 123 cm³/mol. The van der Waals surface area contributed by atoms with Crippen LogP contribution < -0.4 is 0 Å². The van der Waals surface area contributed by atoms with Crippen LogP contribution in [-0.4, -0.2) is 45.2 Å². The Morgan fingerprint density at radius 3 is 2.65 bits per heavy atom. The quantitative estimate of drug-likeness (QED) is 0.193. The maximum absolute atomic E-state index is 12.3. The van der Waals surface area contributed by atoms with Crippen molar-refractivity contribution in [2.75, 3.05) is 6.61 Å². The van der Waals surface area contributed by atoms with Gasteiger partial charge in [-0.1, -0.05) is 43.8 Å². The lowest BCUT2D eigenvalue weighted by Gasteiger charge is -2.21. The van der Waals surface area contributed by atoms with Crippen LogP contribution in [0.1, 0.15) is 97.3 Å². The lowest BCUT2D eigenvalue weighted by atomic mass is 9.88. The number of ketones is 2. The van der Waals surface area contributed by atoms with Gasteiger partial charge in [-0.3, -0.25) is 9.59 Å². The number of aliphatic hydroxyl groups excluding tert-OH is 2. The highest BCUT2D eigenvalue weighted by Gasteiger charge is 2.32. The monoisotopic (exact) mass is 434 g/mol. The van der Waals surface area contributed by atoms with Crippen molar-refractivity contribution in [2.45, 2.75) is 109 Å². The summed E-state index contributed by atoms with van der Waals surface area (Å²) in [7, 11) is 0. The molecule has 0 saturated heterocycles. The minimum atomic E-state index is -1.05. The Morgan fingerprint density at radius 1 is 1.23 bits per heavy atom. The number of unbranched alkanes of at least 4 members (excludes halogenated alkanes) is 4. The maximum Gasteiger partial charge on any atom is 0.158 e. The van der Waals surface area contributed by atoms with Gasteiger partial charge in [-0.05, 0) is 58.3 Å². The Labute approximate surface area is 188 Å². The summed E-state index contributed by atoms with van der Waals surface area (Å²) in [5, 5.41) is 29.0. The fourth-order valence-corrected chi connectivity index (χ4v) is 4.40. The molecule has 0 radical (unpaired) electrons.